The van der Waals surface area contributed by atoms with Crippen LogP contribution < -0.4 is 5.73 Å². The lowest BCUT2D eigenvalue weighted by molar-refractivity contribution is -0.134. The van der Waals surface area contributed by atoms with Crippen molar-refractivity contribution in [2.24, 2.45) is 17.6 Å². The highest BCUT2D eigenvalue weighted by molar-refractivity contribution is 9.10. The molecule has 1 aliphatic carbocycles. The highest BCUT2D eigenvalue weighted by Crippen LogP contribution is 2.43. The number of allylic oxidation sites excluding steroid dienone is 2. The molecule has 1 atom stereocenters. The molecule has 2 saturated heterocycles. The van der Waals surface area contributed by atoms with Crippen molar-refractivity contribution in [1.29, 1.82) is 0 Å². The third-order valence-corrected chi connectivity index (χ3v) is 8.43. The van der Waals surface area contributed by atoms with Crippen molar-refractivity contribution in [2.75, 3.05) is 26.2 Å². The fourth-order valence-electron chi connectivity index (χ4n) is 5.64. The number of amides is 3. The van der Waals surface area contributed by atoms with Gasteiger partial charge in [0.25, 0.3) is 0 Å². The zero-order valence-electron chi connectivity index (χ0n) is 18.8. The van der Waals surface area contributed by atoms with Crippen molar-refractivity contribution < 1.29 is 9.59 Å². The van der Waals surface area contributed by atoms with Gasteiger partial charge in [-0.25, -0.2) is 4.79 Å². The van der Waals surface area contributed by atoms with E-state index in [9.17, 15) is 9.59 Å². The fourth-order valence-corrected chi connectivity index (χ4v) is 6.77. The molecule has 0 aromatic heterocycles. The number of aryl methyl sites for hydroxylation is 1. The second kappa shape index (κ2) is 10.2. The van der Waals surface area contributed by atoms with Crippen LogP contribution in [0.3, 0.4) is 0 Å². The number of nitrogens with two attached hydrogens (primary N) is 1. The molecule has 2 N–H and O–H groups in total. The summed E-state index contributed by atoms with van der Waals surface area (Å²) in [4.78, 5) is 28.0. The molecule has 0 radical (unpaired) electrons. The topological polar surface area (TPSA) is 66.6 Å². The molecular formula is C25H33BrClN3O2. The lowest BCUT2D eigenvalue weighted by Gasteiger charge is -2.37. The number of likely N-dealkylation sites (tertiary alicyclic amines) is 2. The lowest BCUT2D eigenvalue weighted by Crippen LogP contribution is -2.44. The molecule has 0 bridgehead atoms. The number of hydrogen-bond acceptors (Lipinski definition) is 2. The summed E-state index contributed by atoms with van der Waals surface area (Å²) in [6.45, 7) is 5.22. The zero-order chi connectivity index (χ0) is 22.8. The van der Waals surface area contributed by atoms with E-state index in [0.29, 0.717) is 37.3 Å². The van der Waals surface area contributed by atoms with Crippen molar-refractivity contribution in [3.63, 3.8) is 0 Å². The van der Waals surface area contributed by atoms with Gasteiger partial charge in [-0.15, -0.1) is 0 Å². The largest absolute Gasteiger partial charge is 0.351 e. The summed E-state index contributed by atoms with van der Waals surface area (Å²) < 4.78 is 1.11. The molecule has 5 nitrogen and oxygen atoms in total. The van der Waals surface area contributed by atoms with Crippen molar-refractivity contribution in [3.8, 4) is 0 Å². The molecule has 1 aromatic rings. The van der Waals surface area contributed by atoms with Crippen molar-refractivity contribution in [2.45, 2.75) is 57.8 Å². The Morgan fingerprint density at radius 3 is 2.38 bits per heavy atom. The van der Waals surface area contributed by atoms with Crippen LogP contribution in [-0.2, 0) is 11.2 Å². The number of rotatable bonds is 3. The highest BCUT2D eigenvalue weighted by atomic mass is 79.9. The van der Waals surface area contributed by atoms with Crippen LogP contribution in [-0.4, -0.2) is 47.9 Å². The number of halogens is 2. The highest BCUT2D eigenvalue weighted by Gasteiger charge is 2.33. The number of piperidine rings is 2. The molecule has 174 valence electrons. The molecule has 32 heavy (non-hydrogen) atoms. The van der Waals surface area contributed by atoms with E-state index in [0.717, 1.165) is 61.1 Å². The second-order valence-electron chi connectivity index (χ2n) is 9.69. The summed E-state index contributed by atoms with van der Waals surface area (Å²) in [7, 11) is 0. The third kappa shape index (κ3) is 5.33. The molecule has 0 spiro atoms. The first-order chi connectivity index (χ1) is 15.3. The quantitative estimate of drug-likeness (QED) is 0.533. The zero-order valence-corrected chi connectivity index (χ0v) is 21.1. The van der Waals surface area contributed by atoms with Gasteiger partial charge in [0.2, 0.25) is 5.91 Å². The Morgan fingerprint density at radius 1 is 1.06 bits per heavy atom. The number of hydrogen-bond donors (Lipinski definition) is 1. The minimum atomic E-state index is -0.352. The molecule has 1 aromatic carbocycles. The van der Waals surface area contributed by atoms with Gasteiger partial charge in [0.15, 0.2) is 0 Å². The number of fused-ring (bicyclic) bond motifs is 1. The fraction of sp³-hybridized carbons (Fsp3) is 0.600. The van der Waals surface area contributed by atoms with Gasteiger partial charge in [-0.2, -0.15) is 0 Å². The Bertz CT molecular complexity index is 903. The smallest absolute Gasteiger partial charge is 0.314 e. The van der Waals surface area contributed by atoms with Crippen LogP contribution in [0.2, 0.25) is 5.02 Å². The maximum Gasteiger partial charge on any atom is 0.314 e. The standard InChI is InChI=1S/C25H33BrClN3O2/c1-16-2-3-19-14-20(27)15-22(26)24(19)21(12-16)18-6-10-29(11-7-18)23(31)13-17-4-8-30(9-5-17)25(28)32/h12,14-15,17-18,21H,2-11,13H2,1H3,(H2,28,32). The Balaban J connectivity index is 1.37. The van der Waals surface area contributed by atoms with Crippen LogP contribution in [0.15, 0.2) is 28.3 Å². The summed E-state index contributed by atoms with van der Waals surface area (Å²) in [5.74, 6) is 1.52. The summed E-state index contributed by atoms with van der Waals surface area (Å²) >= 11 is 10.1. The summed E-state index contributed by atoms with van der Waals surface area (Å²) in [5.41, 5.74) is 9.54. The molecule has 2 fully saturated rings. The number of benzene rings is 1. The molecule has 4 rings (SSSR count). The molecule has 1 unspecified atom stereocenters. The van der Waals surface area contributed by atoms with Crippen molar-refractivity contribution >= 4 is 39.5 Å². The summed E-state index contributed by atoms with van der Waals surface area (Å²) in [5, 5.41) is 0.788. The molecule has 0 saturated carbocycles. The molecular weight excluding hydrogens is 490 g/mol. The van der Waals surface area contributed by atoms with E-state index in [1.807, 2.05) is 6.07 Å². The molecule has 2 heterocycles. The number of urea groups is 1. The van der Waals surface area contributed by atoms with Crippen LogP contribution in [0.1, 0.15) is 62.5 Å². The average molecular weight is 523 g/mol. The first-order valence-electron chi connectivity index (χ1n) is 11.8. The van der Waals surface area contributed by atoms with Gasteiger partial charge in [0.05, 0.1) is 0 Å². The van der Waals surface area contributed by atoms with Crippen LogP contribution in [0.4, 0.5) is 4.79 Å². The Morgan fingerprint density at radius 2 is 1.72 bits per heavy atom. The lowest BCUT2D eigenvalue weighted by atomic mass is 9.78. The first-order valence-corrected chi connectivity index (χ1v) is 13.0. The van der Waals surface area contributed by atoms with Crippen LogP contribution in [0, 0.1) is 11.8 Å². The number of carbonyl (C=O) groups is 2. The number of carbonyl (C=O) groups excluding carboxylic acids is 2. The van der Waals surface area contributed by atoms with E-state index in [-0.39, 0.29) is 11.9 Å². The van der Waals surface area contributed by atoms with Gasteiger partial charge >= 0.3 is 6.03 Å². The maximum absolute atomic E-state index is 12.9. The monoisotopic (exact) mass is 521 g/mol. The van der Waals surface area contributed by atoms with Gasteiger partial charge in [-0.3, -0.25) is 4.79 Å². The van der Waals surface area contributed by atoms with Crippen molar-refractivity contribution in [1.82, 2.24) is 9.80 Å². The predicted octanol–water partition coefficient (Wildman–Crippen LogP) is 5.50. The molecule has 3 aliphatic rings. The van der Waals surface area contributed by atoms with E-state index in [1.54, 1.807) is 4.90 Å². The van der Waals surface area contributed by atoms with Gasteiger partial charge in [0, 0.05) is 48.0 Å². The summed E-state index contributed by atoms with van der Waals surface area (Å²) in [6.07, 6.45) is 8.92. The third-order valence-electron chi connectivity index (χ3n) is 7.56. The van der Waals surface area contributed by atoms with E-state index in [4.69, 9.17) is 17.3 Å². The summed E-state index contributed by atoms with van der Waals surface area (Å²) in [6, 6.07) is 3.79. The van der Waals surface area contributed by atoms with Crippen LogP contribution in [0.5, 0.6) is 0 Å². The number of primary amides is 1. The van der Waals surface area contributed by atoms with Gasteiger partial charge in [-0.05, 0) is 80.5 Å². The van der Waals surface area contributed by atoms with Gasteiger partial charge in [0.1, 0.15) is 0 Å². The van der Waals surface area contributed by atoms with Crippen molar-refractivity contribution in [3.05, 3.63) is 44.4 Å². The number of nitrogens with zero attached hydrogens (tertiary/aromatic N) is 2. The Hall–Kier alpha value is -1.53. The Kier molecular flexibility index (Phi) is 7.51. The second-order valence-corrected chi connectivity index (χ2v) is 11.0. The SMILES string of the molecule is CC1=CC(C2CCN(C(=O)CC3CCN(C(N)=O)CC3)CC2)c2c(Br)cc(Cl)cc2CC1. The molecule has 2 aliphatic heterocycles. The van der Waals surface area contributed by atoms with Crippen LogP contribution >= 0.6 is 27.5 Å². The van der Waals surface area contributed by atoms with E-state index >= 15 is 0 Å². The van der Waals surface area contributed by atoms with Gasteiger partial charge < -0.3 is 15.5 Å². The molecule has 3 amide bonds. The van der Waals surface area contributed by atoms with E-state index in [2.05, 4.69) is 39.9 Å². The van der Waals surface area contributed by atoms with Crippen LogP contribution in [0.25, 0.3) is 0 Å². The molecule has 7 heteroatoms. The van der Waals surface area contributed by atoms with Gasteiger partial charge in [-0.1, -0.05) is 39.2 Å². The normalized spacial score (nSPS) is 22.8. The minimum Gasteiger partial charge on any atom is -0.351 e. The minimum absolute atomic E-state index is 0.266. The average Bonchev–Trinajstić information content (AvgIpc) is 2.93. The first kappa shape index (κ1) is 23.6. The van der Waals surface area contributed by atoms with E-state index < -0.39 is 0 Å². The van der Waals surface area contributed by atoms with E-state index in [1.165, 1.54) is 16.7 Å². The Labute approximate surface area is 204 Å². The predicted molar refractivity (Wildman–Crippen MR) is 132 cm³/mol. The maximum atomic E-state index is 12.9.